The summed E-state index contributed by atoms with van der Waals surface area (Å²) in [7, 11) is 0. The van der Waals surface area contributed by atoms with E-state index >= 15 is 0 Å². The average molecular weight is 308 g/mol. The van der Waals surface area contributed by atoms with E-state index in [0.717, 1.165) is 27.2 Å². The van der Waals surface area contributed by atoms with E-state index in [4.69, 9.17) is 5.73 Å². The monoisotopic (exact) mass is 308 g/mol. The first-order valence-electron chi connectivity index (χ1n) is 7.00. The minimum absolute atomic E-state index is 0.517. The molecule has 6 heteroatoms. The minimum Gasteiger partial charge on any atom is -0.382 e. The lowest BCUT2D eigenvalue weighted by molar-refractivity contribution is 0.436. The zero-order valence-electron chi connectivity index (χ0n) is 12.0. The lowest BCUT2D eigenvalue weighted by atomic mass is 9.98. The number of hydrogen-bond acceptors (Lipinski definition) is 6. The summed E-state index contributed by atoms with van der Waals surface area (Å²) in [5.74, 6) is 2.05. The number of thiazole rings is 1. The fourth-order valence-electron chi connectivity index (χ4n) is 2.86. The summed E-state index contributed by atoms with van der Waals surface area (Å²) < 4.78 is 4.31. The molecule has 20 heavy (non-hydrogen) atoms. The fourth-order valence-corrected chi connectivity index (χ4v) is 4.25. The maximum atomic E-state index is 6.04. The normalized spacial score (nSPS) is 26.1. The minimum atomic E-state index is 0.517. The Hall–Kier alpha value is -1.14. The Bertz CT molecular complexity index is 604. The summed E-state index contributed by atoms with van der Waals surface area (Å²) in [6.45, 7) is 6.67. The molecule has 1 fully saturated rings. The molecule has 2 heterocycles. The lowest BCUT2D eigenvalue weighted by Gasteiger charge is -2.20. The van der Waals surface area contributed by atoms with Crippen LogP contribution in [0.4, 0.5) is 10.8 Å². The number of nitrogen functional groups attached to an aromatic ring is 1. The summed E-state index contributed by atoms with van der Waals surface area (Å²) in [6, 6.07) is 0.517. The van der Waals surface area contributed by atoms with E-state index in [1.165, 1.54) is 24.4 Å². The standard InChI is InChI=1S/C14H20N4S2/c1-7-4-5-10(8(7)2)17-14-12(13(15)18-20-14)11-6-19-9(3)16-11/h6-8,10,17H,4-5H2,1-3H3,(H2,15,18). The van der Waals surface area contributed by atoms with Gasteiger partial charge in [0.25, 0.3) is 0 Å². The van der Waals surface area contributed by atoms with E-state index in [2.05, 4.69) is 33.9 Å². The molecule has 0 bridgehead atoms. The van der Waals surface area contributed by atoms with Crippen LogP contribution in [0, 0.1) is 18.8 Å². The van der Waals surface area contributed by atoms with Gasteiger partial charge in [-0.15, -0.1) is 11.3 Å². The Morgan fingerprint density at radius 2 is 2.15 bits per heavy atom. The van der Waals surface area contributed by atoms with Gasteiger partial charge in [0.05, 0.1) is 16.3 Å². The molecule has 2 aromatic rings. The van der Waals surface area contributed by atoms with E-state index in [-0.39, 0.29) is 0 Å². The molecular weight excluding hydrogens is 288 g/mol. The van der Waals surface area contributed by atoms with Crippen LogP contribution in [-0.2, 0) is 0 Å². The number of aryl methyl sites for hydroxylation is 1. The number of hydrogen-bond donors (Lipinski definition) is 2. The van der Waals surface area contributed by atoms with Crippen molar-refractivity contribution in [3.8, 4) is 11.3 Å². The molecule has 1 saturated carbocycles. The number of rotatable bonds is 3. The molecular formula is C14H20N4S2. The van der Waals surface area contributed by atoms with Gasteiger partial charge in [0.15, 0.2) is 0 Å². The van der Waals surface area contributed by atoms with E-state index in [9.17, 15) is 0 Å². The van der Waals surface area contributed by atoms with Crippen molar-refractivity contribution in [3.63, 3.8) is 0 Å². The Morgan fingerprint density at radius 3 is 2.75 bits per heavy atom. The molecule has 3 unspecified atom stereocenters. The van der Waals surface area contributed by atoms with Gasteiger partial charge in [0.2, 0.25) is 0 Å². The molecule has 3 N–H and O–H groups in total. The van der Waals surface area contributed by atoms with Gasteiger partial charge in [-0.2, -0.15) is 4.37 Å². The first kappa shape index (κ1) is 13.8. The van der Waals surface area contributed by atoms with Gasteiger partial charge in [-0.3, -0.25) is 0 Å². The molecule has 0 spiro atoms. The number of nitrogens with two attached hydrogens (primary N) is 1. The highest BCUT2D eigenvalue weighted by Crippen LogP contribution is 2.40. The van der Waals surface area contributed by atoms with Crippen LogP contribution in [0.3, 0.4) is 0 Å². The number of nitrogens with zero attached hydrogens (tertiary/aromatic N) is 2. The third-order valence-corrected chi connectivity index (χ3v) is 5.94. The summed E-state index contributed by atoms with van der Waals surface area (Å²) in [5.41, 5.74) is 7.97. The van der Waals surface area contributed by atoms with Gasteiger partial charge in [-0.25, -0.2) is 4.98 Å². The average Bonchev–Trinajstić information content (AvgIpc) is 3.06. The van der Waals surface area contributed by atoms with Crippen LogP contribution in [0.2, 0.25) is 0 Å². The molecule has 4 nitrogen and oxygen atoms in total. The Balaban J connectivity index is 1.88. The Labute approximate surface area is 127 Å². The van der Waals surface area contributed by atoms with Crippen LogP contribution in [-0.4, -0.2) is 15.4 Å². The SMILES string of the molecule is Cc1nc(-c2c(N)nsc2NC2CCC(C)C2C)cs1. The van der Waals surface area contributed by atoms with Crippen LogP contribution in [0.5, 0.6) is 0 Å². The van der Waals surface area contributed by atoms with Crippen LogP contribution < -0.4 is 11.1 Å². The zero-order chi connectivity index (χ0) is 14.3. The second-order valence-electron chi connectivity index (χ2n) is 5.69. The van der Waals surface area contributed by atoms with Crippen molar-refractivity contribution in [2.45, 2.75) is 39.7 Å². The second-order valence-corrected chi connectivity index (χ2v) is 7.52. The van der Waals surface area contributed by atoms with Crippen molar-refractivity contribution in [3.05, 3.63) is 10.4 Å². The van der Waals surface area contributed by atoms with Crippen LogP contribution >= 0.6 is 22.9 Å². The van der Waals surface area contributed by atoms with Crippen LogP contribution in [0.1, 0.15) is 31.7 Å². The maximum absolute atomic E-state index is 6.04. The van der Waals surface area contributed by atoms with Crippen molar-refractivity contribution in [1.29, 1.82) is 0 Å². The third kappa shape index (κ3) is 2.42. The zero-order valence-corrected chi connectivity index (χ0v) is 13.6. The molecule has 3 atom stereocenters. The van der Waals surface area contributed by atoms with Crippen LogP contribution in [0.15, 0.2) is 5.38 Å². The van der Waals surface area contributed by atoms with E-state index in [1.54, 1.807) is 11.3 Å². The van der Waals surface area contributed by atoms with Crippen LogP contribution in [0.25, 0.3) is 11.3 Å². The molecule has 0 amide bonds. The summed E-state index contributed by atoms with van der Waals surface area (Å²) in [6.07, 6.45) is 2.51. The maximum Gasteiger partial charge on any atom is 0.148 e. The molecule has 0 radical (unpaired) electrons. The lowest BCUT2D eigenvalue weighted by Crippen LogP contribution is -2.23. The molecule has 2 aromatic heterocycles. The Morgan fingerprint density at radius 1 is 1.35 bits per heavy atom. The van der Waals surface area contributed by atoms with E-state index in [1.807, 2.05) is 6.92 Å². The van der Waals surface area contributed by atoms with Crippen molar-refractivity contribution in [2.75, 3.05) is 11.1 Å². The van der Waals surface area contributed by atoms with Gasteiger partial charge in [0, 0.05) is 11.4 Å². The highest BCUT2D eigenvalue weighted by molar-refractivity contribution is 7.11. The van der Waals surface area contributed by atoms with Crippen molar-refractivity contribution >= 4 is 33.7 Å². The topological polar surface area (TPSA) is 63.8 Å². The smallest absolute Gasteiger partial charge is 0.148 e. The number of anilines is 2. The third-order valence-electron chi connectivity index (χ3n) is 4.38. The van der Waals surface area contributed by atoms with Gasteiger partial charge in [0.1, 0.15) is 10.8 Å². The summed E-state index contributed by atoms with van der Waals surface area (Å²) in [4.78, 5) is 4.55. The van der Waals surface area contributed by atoms with Crippen molar-refractivity contribution in [2.24, 2.45) is 11.8 Å². The predicted molar refractivity (Wildman–Crippen MR) is 87.3 cm³/mol. The van der Waals surface area contributed by atoms with E-state index < -0.39 is 0 Å². The molecule has 108 valence electrons. The van der Waals surface area contributed by atoms with Crippen molar-refractivity contribution in [1.82, 2.24) is 9.36 Å². The Kier molecular flexibility index (Phi) is 3.69. The first-order valence-corrected chi connectivity index (χ1v) is 8.65. The quantitative estimate of drug-likeness (QED) is 0.899. The molecule has 0 aliphatic heterocycles. The summed E-state index contributed by atoms with van der Waals surface area (Å²) >= 11 is 3.10. The van der Waals surface area contributed by atoms with Gasteiger partial charge >= 0.3 is 0 Å². The molecule has 1 aliphatic carbocycles. The highest BCUT2D eigenvalue weighted by Gasteiger charge is 2.31. The van der Waals surface area contributed by atoms with Gasteiger partial charge in [-0.05, 0) is 43.1 Å². The second kappa shape index (κ2) is 5.33. The fraction of sp³-hybridized carbons (Fsp3) is 0.571. The summed E-state index contributed by atoms with van der Waals surface area (Å²) in [5, 5.41) is 7.84. The van der Waals surface area contributed by atoms with Gasteiger partial charge < -0.3 is 11.1 Å². The molecule has 1 aliphatic rings. The predicted octanol–water partition coefficient (Wildman–Crippen LogP) is 4.00. The van der Waals surface area contributed by atoms with Gasteiger partial charge in [-0.1, -0.05) is 13.8 Å². The molecule has 0 saturated heterocycles. The highest BCUT2D eigenvalue weighted by atomic mass is 32.1. The number of nitrogens with one attached hydrogen (secondary N) is 1. The van der Waals surface area contributed by atoms with E-state index in [0.29, 0.717) is 17.8 Å². The largest absolute Gasteiger partial charge is 0.382 e. The molecule has 3 rings (SSSR count). The first-order chi connectivity index (χ1) is 9.56. The molecule has 0 aromatic carbocycles. The number of aromatic nitrogens is 2. The van der Waals surface area contributed by atoms with Crippen molar-refractivity contribution < 1.29 is 0 Å².